The van der Waals surface area contributed by atoms with Crippen LogP contribution in [0.1, 0.15) is 12.8 Å². The minimum atomic E-state index is -2.77. The average Bonchev–Trinajstić information content (AvgIpc) is 2.50. The molecule has 15 heteroatoms. The summed E-state index contributed by atoms with van der Waals surface area (Å²) in [5, 5.41) is 3.69. The van der Waals surface area contributed by atoms with Crippen LogP contribution in [0.2, 0.25) is 130 Å². The molecule has 0 fully saturated rings. The molecule has 0 atom stereocenters. The minimum Gasteiger partial charge on any atom is -0.417 e. The van der Waals surface area contributed by atoms with Gasteiger partial charge in [-0.3, -0.25) is 0 Å². The van der Waals surface area contributed by atoms with Gasteiger partial charge in [-0.25, -0.2) is 0 Å². The van der Waals surface area contributed by atoms with Crippen LogP contribution in [-0.2, 0) is 24.7 Å². The highest BCUT2D eigenvalue weighted by atomic mass is 28.5. The van der Waals surface area contributed by atoms with Crippen LogP contribution in [0.4, 0.5) is 0 Å². The summed E-state index contributed by atoms with van der Waals surface area (Å²) < 4.78 is 41.0. The Hall–Kier alpha value is 1.46. The Labute approximate surface area is 252 Å². The summed E-state index contributed by atoms with van der Waals surface area (Å²) >= 11 is 0. The van der Waals surface area contributed by atoms with Crippen molar-refractivity contribution in [2.45, 2.75) is 143 Å². The lowest BCUT2D eigenvalue weighted by Gasteiger charge is -2.43. The summed E-state index contributed by atoms with van der Waals surface area (Å²) in [6, 6.07) is 1.74. The van der Waals surface area contributed by atoms with Crippen LogP contribution in [0.3, 0.4) is 0 Å². The second-order valence-electron chi connectivity index (χ2n) is 16.6. The Morgan fingerprint density at radius 2 is 0.513 bits per heavy atom. The molecular formula is C24H67NO6Si8. The van der Waals surface area contributed by atoms with Crippen molar-refractivity contribution in [1.82, 2.24) is 5.32 Å². The van der Waals surface area contributed by atoms with E-state index in [9.17, 15) is 0 Å². The predicted octanol–water partition coefficient (Wildman–Crippen LogP) is 8.34. The zero-order chi connectivity index (χ0) is 31.2. The van der Waals surface area contributed by atoms with E-state index in [4.69, 9.17) is 24.7 Å². The molecule has 0 aromatic rings. The lowest BCUT2D eigenvalue weighted by Crippen LogP contribution is -2.60. The molecule has 1 N–H and O–H groups in total. The molecule has 0 radical (unpaired) electrons. The quantitative estimate of drug-likeness (QED) is 0.102. The van der Waals surface area contributed by atoms with E-state index in [0.29, 0.717) is 0 Å². The minimum absolute atomic E-state index is 0.869. The SMILES string of the molecule is C[Si](C)(C)O[Si](CCCNCCC[Si](O[Si](C)(C)C)(O[Si](C)(C)C)O[Si](C)(C)C)(O[Si](C)(C)C)O[Si](C)(C)C. The van der Waals surface area contributed by atoms with E-state index < -0.39 is 67.5 Å². The summed E-state index contributed by atoms with van der Waals surface area (Å²) in [7, 11) is -16.6. The summed E-state index contributed by atoms with van der Waals surface area (Å²) in [6.45, 7) is 42.3. The maximum Gasteiger partial charge on any atom is 0.469 e. The monoisotopic (exact) mass is 689 g/mol. The Kier molecular flexibility index (Phi) is 15.5. The maximum atomic E-state index is 6.83. The first-order valence-corrected chi connectivity index (χ1v) is 39.2. The Morgan fingerprint density at radius 3 is 0.667 bits per heavy atom. The molecule has 236 valence electrons. The normalized spacial score (nSPS) is 15.2. The van der Waals surface area contributed by atoms with Crippen molar-refractivity contribution in [1.29, 1.82) is 0 Å². The third-order valence-corrected chi connectivity index (χ3v) is 28.5. The fourth-order valence-corrected chi connectivity index (χ4v) is 33.5. The Morgan fingerprint density at radius 1 is 0.333 bits per heavy atom. The number of hydrogen-bond acceptors (Lipinski definition) is 7. The topological polar surface area (TPSA) is 67.4 Å². The summed E-state index contributed by atoms with van der Waals surface area (Å²) in [5.41, 5.74) is 0. The van der Waals surface area contributed by atoms with Crippen molar-refractivity contribution >= 4 is 67.5 Å². The Balaban J connectivity index is 5.41. The largest absolute Gasteiger partial charge is 0.469 e. The lowest BCUT2D eigenvalue weighted by atomic mass is 10.4. The van der Waals surface area contributed by atoms with Gasteiger partial charge in [-0.15, -0.1) is 0 Å². The molecule has 0 spiro atoms. The highest BCUT2D eigenvalue weighted by Crippen LogP contribution is 2.31. The molecule has 0 heterocycles. The first-order valence-electron chi connectivity index (χ1n) is 14.9. The third kappa shape index (κ3) is 22.6. The van der Waals surface area contributed by atoms with Crippen LogP contribution in [0.25, 0.3) is 0 Å². The van der Waals surface area contributed by atoms with Crippen molar-refractivity contribution < 1.29 is 24.7 Å². The highest BCUT2D eigenvalue weighted by molar-refractivity contribution is 6.91. The predicted molar refractivity (Wildman–Crippen MR) is 190 cm³/mol. The fourth-order valence-electron chi connectivity index (χ4n) is 4.22. The molecule has 0 amide bonds. The van der Waals surface area contributed by atoms with E-state index in [0.717, 1.165) is 38.0 Å². The molecule has 0 saturated carbocycles. The fraction of sp³-hybridized carbons (Fsp3) is 1.00. The average molecular weight is 690 g/mol. The first-order chi connectivity index (χ1) is 16.9. The zero-order valence-electron chi connectivity index (χ0n) is 29.2. The van der Waals surface area contributed by atoms with Crippen LogP contribution in [-0.4, -0.2) is 80.6 Å². The molecule has 7 nitrogen and oxygen atoms in total. The van der Waals surface area contributed by atoms with Gasteiger partial charge in [0.05, 0.1) is 0 Å². The molecule has 0 aromatic heterocycles. The summed E-state index contributed by atoms with van der Waals surface area (Å²) in [5.74, 6) is 0. The second-order valence-corrected chi connectivity index (χ2v) is 50.6. The summed E-state index contributed by atoms with van der Waals surface area (Å²) in [6.07, 6.45) is 1.97. The van der Waals surface area contributed by atoms with Gasteiger partial charge in [0.1, 0.15) is 0 Å². The van der Waals surface area contributed by atoms with Gasteiger partial charge in [-0.2, -0.15) is 0 Å². The van der Waals surface area contributed by atoms with Gasteiger partial charge in [0.2, 0.25) is 0 Å². The van der Waals surface area contributed by atoms with Crippen molar-refractivity contribution in [2.75, 3.05) is 13.1 Å². The molecule has 0 bridgehead atoms. The number of hydrogen-bond donors (Lipinski definition) is 1. The van der Waals surface area contributed by atoms with E-state index >= 15 is 0 Å². The number of rotatable bonds is 20. The first kappa shape index (κ1) is 40.5. The second kappa shape index (κ2) is 15.0. The molecule has 0 aromatic carbocycles. The molecule has 0 saturated heterocycles. The smallest absolute Gasteiger partial charge is 0.417 e. The summed E-state index contributed by atoms with van der Waals surface area (Å²) in [4.78, 5) is 0. The van der Waals surface area contributed by atoms with Crippen LogP contribution in [0, 0.1) is 0 Å². The van der Waals surface area contributed by atoms with E-state index in [1.165, 1.54) is 0 Å². The van der Waals surface area contributed by atoms with E-state index in [1.54, 1.807) is 0 Å². The molecule has 0 aliphatic rings. The lowest BCUT2D eigenvalue weighted by molar-refractivity contribution is 0.249. The van der Waals surface area contributed by atoms with Gasteiger partial charge in [-0.1, -0.05) is 0 Å². The van der Waals surface area contributed by atoms with E-state index in [-0.39, 0.29) is 0 Å². The molecule has 0 aliphatic heterocycles. The van der Waals surface area contributed by atoms with Gasteiger partial charge in [-0.05, 0) is 144 Å². The third-order valence-electron chi connectivity index (χ3n) is 4.44. The molecular weight excluding hydrogens is 623 g/mol. The van der Waals surface area contributed by atoms with Crippen molar-refractivity contribution in [3.63, 3.8) is 0 Å². The zero-order valence-corrected chi connectivity index (χ0v) is 37.2. The molecule has 0 rings (SSSR count). The number of nitrogens with one attached hydrogen (secondary N) is 1. The molecule has 39 heavy (non-hydrogen) atoms. The standard InChI is InChI=1S/C24H67NO6Si8/c1-32(2,3)26-38(27-33(4,5)6,28-34(7,8)9)23-19-21-25-22-20-24-39(29-35(10,11)12,30-36(13,14)15)31-37(16,17)18/h25H,19-24H2,1-18H3. The van der Waals surface area contributed by atoms with E-state index in [2.05, 4.69) is 123 Å². The molecule has 0 unspecified atom stereocenters. The van der Waals surface area contributed by atoms with Crippen molar-refractivity contribution in [3.05, 3.63) is 0 Å². The van der Waals surface area contributed by atoms with Crippen LogP contribution < -0.4 is 5.32 Å². The van der Waals surface area contributed by atoms with Gasteiger partial charge >= 0.3 is 17.6 Å². The van der Waals surface area contributed by atoms with Crippen LogP contribution in [0.15, 0.2) is 0 Å². The Bertz CT molecular complexity index is 577. The van der Waals surface area contributed by atoms with Crippen LogP contribution >= 0.6 is 0 Å². The highest BCUT2D eigenvalue weighted by Gasteiger charge is 2.50. The van der Waals surface area contributed by atoms with Gasteiger partial charge in [0.25, 0.3) is 0 Å². The van der Waals surface area contributed by atoms with Crippen molar-refractivity contribution in [2.24, 2.45) is 0 Å². The van der Waals surface area contributed by atoms with Gasteiger partial charge < -0.3 is 30.0 Å². The van der Waals surface area contributed by atoms with E-state index in [1.807, 2.05) is 0 Å². The van der Waals surface area contributed by atoms with Gasteiger partial charge in [0, 0.05) is 12.1 Å². The van der Waals surface area contributed by atoms with Crippen molar-refractivity contribution in [3.8, 4) is 0 Å². The van der Waals surface area contributed by atoms with Crippen LogP contribution in [0.5, 0.6) is 0 Å². The van der Waals surface area contributed by atoms with Gasteiger partial charge in [0.15, 0.2) is 49.9 Å². The molecule has 0 aliphatic carbocycles. The maximum absolute atomic E-state index is 6.83.